The summed E-state index contributed by atoms with van der Waals surface area (Å²) in [7, 11) is 0. The maximum absolute atomic E-state index is 11.8. The molecule has 0 saturated carbocycles. The molecule has 1 aromatic heterocycles. The number of anilines is 1. The molecule has 0 unspecified atom stereocenters. The molecule has 0 aliphatic rings. The van der Waals surface area contributed by atoms with Crippen molar-refractivity contribution in [3.05, 3.63) is 47.3 Å². The van der Waals surface area contributed by atoms with Gasteiger partial charge in [-0.1, -0.05) is 17.7 Å². The number of benzene rings is 1. The number of aromatic amines is 1. The van der Waals surface area contributed by atoms with E-state index in [0.717, 1.165) is 11.3 Å². The number of H-pyrrole nitrogens is 1. The molecule has 1 aromatic carbocycles. The number of aromatic nitrogens is 2. The summed E-state index contributed by atoms with van der Waals surface area (Å²) in [6.45, 7) is 3.84. The lowest BCUT2D eigenvalue weighted by molar-refractivity contribution is 0.102. The van der Waals surface area contributed by atoms with E-state index in [4.69, 9.17) is 0 Å². The molecule has 16 heavy (non-hydrogen) atoms. The largest absolute Gasteiger partial charge is 0.328 e. The third-order valence-electron chi connectivity index (χ3n) is 2.22. The van der Waals surface area contributed by atoms with E-state index in [9.17, 15) is 4.79 Å². The van der Waals surface area contributed by atoms with Crippen LogP contribution in [0.15, 0.2) is 30.5 Å². The van der Waals surface area contributed by atoms with Crippen molar-refractivity contribution in [3.63, 3.8) is 0 Å². The summed E-state index contributed by atoms with van der Waals surface area (Å²) in [6.07, 6.45) is 1.67. The number of imidazole rings is 1. The Balaban J connectivity index is 2.14. The van der Waals surface area contributed by atoms with Gasteiger partial charge in [-0.25, -0.2) is 4.98 Å². The van der Waals surface area contributed by atoms with Crippen molar-refractivity contribution < 1.29 is 4.79 Å². The molecule has 2 N–H and O–H groups in total. The first kappa shape index (κ1) is 10.4. The van der Waals surface area contributed by atoms with E-state index in [1.54, 1.807) is 12.3 Å². The van der Waals surface area contributed by atoms with Crippen molar-refractivity contribution in [2.75, 3.05) is 5.32 Å². The van der Waals surface area contributed by atoms with Crippen LogP contribution in [-0.4, -0.2) is 15.9 Å². The molecule has 1 amide bonds. The molecule has 4 nitrogen and oxygen atoms in total. The van der Waals surface area contributed by atoms with E-state index in [-0.39, 0.29) is 5.91 Å². The zero-order valence-electron chi connectivity index (χ0n) is 9.24. The maximum Gasteiger partial charge on any atom is 0.257 e. The van der Waals surface area contributed by atoms with Crippen LogP contribution in [0, 0.1) is 13.8 Å². The van der Waals surface area contributed by atoms with Crippen LogP contribution in [0.1, 0.15) is 21.6 Å². The topological polar surface area (TPSA) is 57.8 Å². The predicted molar refractivity (Wildman–Crippen MR) is 62.5 cm³/mol. The Morgan fingerprint density at radius 2 is 2.19 bits per heavy atom. The number of hydrogen-bond donors (Lipinski definition) is 2. The van der Waals surface area contributed by atoms with Gasteiger partial charge in [-0.05, 0) is 26.0 Å². The lowest BCUT2D eigenvalue weighted by Crippen LogP contribution is -2.12. The summed E-state index contributed by atoms with van der Waals surface area (Å²) in [5.74, 6) is 0.321. The Morgan fingerprint density at radius 1 is 1.38 bits per heavy atom. The van der Waals surface area contributed by atoms with E-state index in [1.165, 1.54) is 0 Å². The van der Waals surface area contributed by atoms with Gasteiger partial charge in [0.15, 0.2) is 0 Å². The summed E-state index contributed by atoms with van der Waals surface area (Å²) in [4.78, 5) is 18.8. The number of nitrogens with one attached hydrogen (secondary N) is 2. The molecule has 2 rings (SSSR count). The van der Waals surface area contributed by atoms with Gasteiger partial charge in [0.05, 0.1) is 0 Å². The number of amides is 1. The number of rotatable bonds is 2. The number of carbonyl (C=O) groups is 1. The van der Waals surface area contributed by atoms with Crippen molar-refractivity contribution in [1.82, 2.24) is 9.97 Å². The molecule has 0 spiro atoms. The minimum atomic E-state index is -0.155. The van der Waals surface area contributed by atoms with Gasteiger partial charge in [-0.2, -0.15) is 0 Å². The molecule has 2 aromatic rings. The quantitative estimate of drug-likeness (QED) is 0.807. The molecule has 82 valence electrons. The molecule has 0 aliphatic heterocycles. The molecular formula is C12H13N3O. The van der Waals surface area contributed by atoms with Crippen LogP contribution in [0.2, 0.25) is 0 Å². The fourth-order valence-corrected chi connectivity index (χ4v) is 1.44. The first-order chi connectivity index (χ1) is 7.65. The van der Waals surface area contributed by atoms with Crippen LogP contribution < -0.4 is 5.32 Å². The Kier molecular flexibility index (Phi) is 2.72. The normalized spacial score (nSPS) is 10.1. The average Bonchev–Trinajstić information content (AvgIpc) is 2.64. The number of hydrogen-bond acceptors (Lipinski definition) is 2. The second-order valence-corrected chi connectivity index (χ2v) is 3.74. The number of aryl methyl sites for hydroxylation is 2. The Bertz CT molecular complexity index is 516. The van der Waals surface area contributed by atoms with Crippen LogP contribution in [0.4, 0.5) is 5.95 Å². The number of carbonyl (C=O) groups excluding carboxylic acids is 1. The molecule has 0 atom stereocenters. The van der Waals surface area contributed by atoms with Crippen LogP contribution >= 0.6 is 0 Å². The van der Waals surface area contributed by atoms with Crippen molar-refractivity contribution in [1.29, 1.82) is 0 Å². The van der Waals surface area contributed by atoms with Gasteiger partial charge in [0.25, 0.3) is 5.91 Å². The second kappa shape index (κ2) is 4.18. The summed E-state index contributed by atoms with van der Waals surface area (Å²) in [5.41, 5.74) is 2.61. The van der Waals surface area contributed by atoms with Crippen LogP contribution in [-0.2, 0) is 0 Å². The van der Waals surface area contributed by atoms with E-state index >= 15 is 0 Å². The van der Waals surface area contributed by atoms with E-state index < -0.39 is 0 Å². The van der Waals surface area contributed by atoms with E-state index in [1.807, 2.05) is 32.0 Å². The van der Waals surface area contributed by atoms with E-state index in [0.29, 0.717) is 11.5 Å². The van der Waals surface area contributed by atoms with Gasteiger partial charge < -0.3 is 4.98 Å². The molecule has 0 saturated heterocycles. The zero-order valence-corrected chi connectivity index (χ0v) is 9.24. The highest BCUT2D eigenvalue weighted by atomic mass is 16.1. The van der Waals surface area contributed by atoms with Crippen LogP contribution in [0.25, 0.3) is 0 Å². The summed E-state index contributed by atoms with van der Waals surface area (Å²) >= 11 is 0. The lowest BCUT2D eigenvalue weighted by Gasteiger charge is -2.02. The summed E-state index contributed by atoms with van der Waals surface area (Å²) in [5, 5.41) is 2.70. The van der Waals surface area contributed by atoms with Crippen LogP contribution in [0.3, 0.4) is 0 Å². The SMILES string of the molecule is Cc1cccc(C(=O)Nc2ncc(C)[nH]2)c1. The molecule has 0 radical (unpaired) electrons. The minimum Gasteiger partial charge on any atom is -0.328 e. The molecular weight excluding hydrogens is 202 g/mol. The molecule has 1 heterocycles. The molecule has 4 heteroatoms. The fraction of sp³-hybridized carbons (Fsp3) is 0.167. The molecule has 0 bridgehead atoms. The third-order valence-corrected chi connectivity index (χ3v) is 2.22. The molecule has 0 aliphatic carbocycles. The first-order valence-electron chi connectivity index (χ1n) is 5.05. The van der Waals surface area contributed by atoms with Gasteiger partial charge in [-0.15, -0.1) is 0 Å². The van der Waals surface area contributed by atoms with Crippen molar-refractivity contribution >= 4 is 11.9 Å². The van der Waals surface area contributed by atoms with Gasteiger partial charge in [0, 0.05) is 17.5 Å². The third kappa shape index (κ3) is 2.28. The van der Waals surface area contributed by atoms with Gasteiger partial charge in [-0.3, -0.25) is 10.1 Å². The minimum absolute atomic E-state index is 0.155. The van der Waals surface area contributed by atoms with Gasteiger partial charge >= 0.3 is 0 Å². The number of nitrogens with zero attached hydrogens (tertiary/aromatic N) is 1. The first-order valence-corrected chi connectivity index (χ1v) is 5.05. The highest BCUT2D eigenvalue weighted by molar-refractivity contribution is 6.03. The smallest absolute Gasteiger partial charge is 0.257 e. The zero-order chi connectivity index (χ0) is 11.5. The van der Waals surface area contributed by atoms with Crippen LogP contribution in [0.5, 0.6) is 0 Å². The lowest BCUT2D eigenvalue weighted by atomic mass is 10.1. The molecule has 0 fully saturated rings. The summed E-state index contributed by atoms with van der Waals surface area (Å²) in [6, 6.07) is 7.43. The highest BCUT2D eigenvalue weighted by Crippen LogP contribution is 2.07. The predicted octanol–water partition coefficient (Wildman–Crippen LogP) is 2.28. The van der Waals surface area contributed by atoms with Gasteiger partial charge in [0.2, 0.25) is 5.95 Å². The Hall–Kier alpha value is -2.10. The standard InChI is InChI=1S/C12H13N3O/c1-8-4-3-5-10(6-8)11(16)15-12-13-7-9(2)14-12/h3-7H,1-2H3,(H2,13,14,15,16). The Labute approximate surface area is 93.7 Å². The van der Waals surface area contributed by atoms with E-state index in [2.05, 4.69) is 15.3 Å². The highest BCUT2D eigenvalue weighted by Gasteiger charge is 2.07. The van der Waals surface area contributed by atoms with Crippen molar-refractivity contribution in [2.24, 2.45) is 0 Å². The average molecular weight is 215 g/mol. The monoisotopic (exact) mass is 215 g/mol. The van der Waals surface area contributed by atoms with Crippen molar-refractivity contribution in [3.8, 4) is 0 Å². The van der Waals surface area contributed by atoms with Crippen molar-refractivity contribution in [2.45, 2.75) is 13.8 Å². The van der Waals surface area contributed by atoms with Gasteiger partial charge in [0.1, 0.15) is 0 Å². The second-order valence-electron chi connectivity index (χ2n) is 3.74. The maximum atomic E-state index is 11.8. The summed E-state index contributed by atoms with van der Waals surface area (Å²) < 4.78 is 0. The Morgan fingerprint density at radius 3 is 2.81 bits per heavy atom. The fourth-order valence-electron chi connectivity index (χ4n) is 1.44.